The number of hydrogen-bond donors (Lipinski definition) is 4. The predicted molar refractivity (Wildman–Crippen MR) is 138 cm³/mol. The van der Waals surface area contributed by atoms with Gasteiger partial charge in [0.1, 0.15) is 17.0 Å². The molecule has 0 fully saturated rings. The fraction of sp³-hybridized carbons (Fsp3) is 0.519. The van der Waals surface area contributed by atoms with Crippen LogP contribution in [0, 0.1) is 29.6 Å². The van der Waals surface area contributed by atoms with Crippen LogP contribution in [0.1, 0.15) is 53.7 Å². The van der Waals surface area contributed by atoms with Crippen LogP contribution >= 0.6 is 0 Å². The van der Waals surface area contributed by atoms with Crippen molar-refractivity contribution in [3.05, 3.63) is 55.8 Å². The first-order valence-corrected chi connectivity index (χ1v) is 12.5. The molecular weight excluding hydrogens is 476 g/mol. The Bertz CT molecular complexity index is 1280. The van der Waals surface area contributed by atoms with Gasteiger partial charge in [0.15, 0.2) is 17.2 Å². The number of hydrogen-bond acceptors (Lipinski definition) is 9. The Kier molecular flexibility index (Phi) is 6.85. The molecule has 1 aromatic carbocycles. The number of amides is 1. The summed E-state index contributed by atoms with van der Waals surface area (Å²) in [6, 6.07) is 2.07. The molecule has 0 radical (unpaired) electrons. The maximum absolute atomic E-state index is 14.1. The molecule has 0 spiro atoms. The summed E-state index contributed by atoms with van der Waals surface area (Å²) in [5, 5.41) is 28.9. The summed E-state index contributed by atoms with van der Waals surface area (Å²) in [4.78, 5) is 52.7. The summed E-state index contributed by atoms with van der Waals surface area (Å²) >= 11 is 0. The van der Waals surface area contributed by atoms with Gasteiger partial charge >= 0.3 is 0 Å². The number of aliphatic hydroxyl groups excluding tert-OH is 1. The van der Waals surface area contributed by atoms with E-state index in [1.807, 2.05) is 25.9 Å². The van der Waals surface area contributed by atoms with Crippen LogP contribution in [0.3, 0.4) is 0 Å². The first-order valence-electron chi connectivity index (χ1n) is 12.5. The molecule has 0 aliphatic heterocycles. The van der Waals surface area contributed by atoms with Gasteiger partial charge in [0, 0.05) is 49.8 Å². The topological polar surface area (TPSA) is 162 Å². The van der Waals surface area contributed by atoms with Crippen LogP contribution < -0.4 is 16.0 Å². The van der Waals surface area contributed by atoms with Crippen LogP contribution in [0.5, 0.6) is 0 Å². The number of anilines is 1. The van der Waals surface area contributed by atoms with Crippen molar-refractivity contribution >= 4 is 23.2 Å². The standard InChI is InChI=1S/C27H34N4O6/c1-12(2)10-29-11-15-8-18(31(4)5)17-7-14-6-16-9-19(32)22(26(28)35)25(34)27(16,36)24(30-37)21(14)23(33)20(17)13(15)3/h8,12,14,16,29,34,36H,6-7,9-11H2,1-5H3,(H2,28,35)/t14-,16+,27+/m1/s1. The van der Waals surface area contributed by atoms with E-state index in [-0.39, 0.29) is 18.4 Å². The van der Waals surface area contributed by atoms with E-state index in [1.165, 1.54) is 0 Å². The number of primary amides is 1. The van der Waals surface area contributed by atoms with Crippen molar-refractivity contribution in [3.63, 3.8) is 0 Å². The molecule has 10 nitrogen and oxygen atoms in total. The summed E-state index contributed by atoms with van der Waals surface area (Å²) in [7, 11) is 3.80. The first-order chi connectivity index (χ1) is 17.3. The molecule has 37 heavy (non-hydrogen) atoms. The Balaban J connectivity index is 1.93. The van der Waals surface area contributed by atoms with Crippen LogP contribution in [0.4, 0.5) is 5.69 Å². The summed E-state index contributed by atoms with van der Waals surface area (Å²) < 4.78 is 0. The second kappa shape index (κ2) is 9.50. The highest BCUT2D eigenvalue weighted by atomic mass is 16.3. The quantitative estimate of drug-likeness (QED) is 0.320. The number of nitrogens with one attached hydrogen (secondary N) is 1. The first kappa shape index (κ1) is 26.7. The van der Waals surface area contributed by atoms with Crippen molar-refractivity contribution in [2.45, 2.75) is 52.2 Å². The fourth-order valence-corrected chi connectivity index (χ4v) is 6.11. The number of rotatable bonds is 7. The fourth-order valence-electron chi connectivity index (χ4n) is 6.11. The van der Waals surface area contributed by atoms with Crippen LogP contribution in [-0.2, 0) is 22.6 Å². The maximum atomic E-state index is 14.1. The molecule has 1 amide bonds. The SMILES string of the molecule is Cc1c(CNCC(C)C)cc(N(C)C)c2c1C(=O)C1=C(N=O)[C@]3(O)C(O)=C(C(N)=O)C(=O)C[C@@H]3C[C@@H]1C2. The van der Waals surface area contributed by atoms with Crippen molar-refractivity contribution in [3.8, 4) is 0 Å². The summed E-state index contributed by atoms with van der Waals surface area (Å²) in [5.74, 6) is -4.33. The number of aliphatic hydroxyl groups is 2. The number of carbonyl (C=O) groups excluding carboxylic acids is 3. The molecule has 3 aliphatic rings. The normalized spacial score (nSPS) is 25.2. The minimum atomic E-state index is -2.44. The minimum absolute atomic E-state index is 0.0195. The smallest absolute Gasteiger partial charge is 0.255 e. The third-order valence-corrected chi connectivity index (χ3v) is 7.88. The van der Waals surface area contributed by atoms with Crippen molar-refractivity contribution in [1.82, 2.24) is 5.32 Å². The molecule has 5 N–H and O–H groups in total. The molecule has 0 saturated heterocycles. The highest BCUT2D eigenvalue weighted by Crippen LogP contribution is 2.53. The number of nitrogens with two attached hydrogens (primary N) is 1. The van der Waals surface area contributed by atoms with Gasteiger partial charge in [-0.15, -0.1) is 4.91 Å². The predicted octanol–water partition coefficient (Wildman–Crippen LogP) is 2.20. The van der Waals surface area contributed by atoms with Crippen LogP contribution in [0.25, 0.3) is 0 Å². The van der Waals surface area contributed by atoms with E-state index < -0.39 is 51.9 Å². The Morgan fingerprint density at radius 3 is 2.54 bits per heavy atom. The van der Waals surface area contributed by atoms with Gasteiger partial charge in [-0.25, -0.2) is 0 Å². The summed E-state index contributed by atoms with van der Waals surface area (Å²) in [6.07, 6.45) is 0.252. The molecule has 1 aromatic rings. The molecule has 3 atom stereocenters. The molecule has 10 heteroatoms. The van der Waals surface area contributed by atoms with Gasteiger partial charge < -0.3 is 26.2 Å². The Morgan fingerprint density at radius 2 is 1.97 bits per heavy atom. The lowest BCUT2D eigenvalue weighted by molar-refractivity contribution is -0.126. The third-order valence-electron chi connectivity index (χ3n) is 7.88. The number of nitrogens with zero attached hydrogens (tertiary/aromatic N) is 2. The highest BCUT2D eigenvalue weighted by Gasteiger charge is 2.58. The molecule has 0 unspecified atom stereocenters. The number of benzene rings is 1. The number of carbonyl (C=O) groups is 3. The third kappa shape index (κ3) is 4.08. The molecule has 0 aromatic heterocycles. The van der Waals surface area contributed by atoms with Gasteiger partial charge in [-0.05, 0) is 66.1 Å². The summed E-state index contributed by atoms with van der Waals surface area (Å²) in [5.41, 5.74) is 5.45. The summed E-state index contributed by atoms with van der Waals surface area (Å²) in [6.45, 7) is 7.42. The van der Waals surface area contributed by atoms with Crippen LogP contribution in [0.15, 0.2) is 33.8 Å². The molecular formula is C27H34N4O6. The van der Waals surface area contributed by atoms with Crippen LogP contribution in [0.2, 0.25) is 0 Å². The molecule has 0 saturated carbocycles. The van der Waals surface area contributed by atoms with Crippen molar-refractivity contribution in [1.29, 1.82) is 0 Å². The van der Waals surface area contributed by atoms with Gasteiger partial charge in [-0.1, -0.05) is 13.8 Å². The lowest BCUT2D eigenvalue weighted by atomic mass is 9.60. The van der Waals surface area contributed by atoms with Gasteiger partial charge in [0.25, 0.3) is 5.91 Å². The van der Waals surface area contributed by atoms with E-state index in [9.17, 15) is 29.5 Å². The lowest BCUT2D eigenvalue weighted by Gasteiger charge is -2.46. The maximum Gasteiger partial charge on any atom is 0.255 e. The number of fused-ring (bicyclic) bond motifs is 3. The zero-order chi connectivity index (χ0) is 27.4. The van der Waals surface area contributed by atoms with E-state index in [1.54, 1.807) is 0 Å². The Labute approximate surface area is 215 Å². The van der Waals surface area contributed by atoms with E-state index in [0.717, 1.165) is 28.9 Å². The van der Waals surface area contributed by atoms with E-state index in [2.05, 4.69) is 30.4 Å². The number of nitroso groups, excluding NO2 is 1. The second-order valence-electron chi connectivity index (χ2n) is 11.0. The molecule has 4 rings (SSSR count). The van der Waals surface area contributed by atoms with Gasteiger partial charge in [0.05, 0.1) is 0 Å². The van der Waals surface area contributed by atoms with E-state index >= 15 is 0 Å². The van der Waals surface area contributed by atoms with Crippen molar-refractivity contribution in [2.24, 2.45) is 28.7 Å². The van der Waals surface area contributed by atoms with E-state index in [0.29, 0.717) is 24.4 Å². The molecule has 0 heterocycles. The lowest BCUT2D eigenvalue weighted by Crippen LogP contribution is -2.53. The zero-order valence-corrected chi connectivity index (χ0v) is 21.8. The number of ketones is 2. The molecule has 198 valence electrons. The van der Waals surface area contributed by atoms with Gasteiger partial charge in [0.2, 0.25) is 0 Å². The zero-order valence-electron chi connectivity index (χ0n) is 21.8. The number of Topliss-reactive ketones (excluding diaryl/α,β-unsaturated/α-hetero) is 2. The number of allylic oxidation sites excluding steroid dienone is 1. The average molecular weight is 511 g/mol. The average Bonchev–Trinajstić information content (AvgIpc) is 2.80. The van der Waals surface area contributed by atoms with Gasteiger partial charge in [-0.2, -0.15) is 0 Å². The van der Waals surface area contributed by atoms with Gasteiger partial charge in [-0.3, -0.25) is 14.4 Å². The highest BCUT2D eigenvalue weighted by molar-refractivity contribution is 6.20. The Hall–Kier alpha value is -3.37. The van der Waals surface area contributed by atoms with Crippen molar-refractivity contribution in [2.75, 3.05) is 25.5 Å². The Morgan fingerprint density at radius 1 is 1.30 bits per heavy atom. The monoisotopic (exact) mass is 510 g/mol. The minimum Gasteiger partial charge on any atom is -0.508 e. The van der Waals surface area contributed by atoms with Crippen molar-refractivity contribution < 1.29 is 24.6 Å². The van der Waals surface area contributed by atoms with E-state index in [4.69, 9.17) is 5.73 Å². The second-order valence-corrected chi connectivity index (χ2v) is 11.0. The van der Waals surface area contributed by atoms with Crippen LogP contribution in [-0.4, -0.2) is 53.9 Å². The molecule has 0 bridgehead atoms. The largest absolute Gasteiger partial charge is 0.508 e. The molecule has 3 aliphatic carbocycles.